The van der Waals surface area contributed by atoms with Crippen LogP contribution in [0.5, 0.6) is 0 Å². The standard InChI is InChI=1S/C23H21ClN4/c1-2-21-15-22(27-23(26-21)19-5-3-6-20(24)14-19)13-17-7-9-18(10-8-17)16-28-12-4-11-25-28/h3-12,14-15H,2,13,16H2,1H3. The lowest BCUT2D eigenvalue weighted by atomic mass is 10.1. The molecule has 0 atom stereocenters. The molecule has 2 heterocycles. The molecule has 0 bridgehead atoms. The van der Waals surface area contributed by atoms with Crippen LogP contribution < -0.4 is 0 Å². The van der Waals surface area contributed by atoms with Gasteiger partial charge in [0.15, 0.2) is 5.82 Å². The van der Waals surface area contributed by atoms with Gasteiger partial charge in [-0.2, -0.15) is 5.10 Å². The van der Waals surface area contributed by atoms with E-state index in [-0.39, 0.29) is 0 Å². The van der Waals surface area contributed by atoms with E-state index < -0.39 is 0 Å². The fraction of sp³-hybridized carbons (Fsp3) is 0.174. The number of hydrogen-bond donors (Lipinski definition) is 0. The van der Waals surface area contributed by atoms with Gasteiger partial charge in [0.1, 0.15) is 0 Å². The maximum Gasteiger partial charge on any atom is 0.159 e. The summed E-state index contributed by atoms with van der Waals surface area (Å²) in [5, 5.41) is 4.95. The van der Waals surface area contributed by atoms with Crippen LogP contribution in [-0.2, 0) is 19.4 Å². The van der Waals surface area contributed by atoms with Gasteiger partial charge in [-0.3, -0.25) is 4.68 Å². The fourth-order valence-electron chi connectivity index (χ4n) is 3.13. The second-order valence-corrected chi connectivity index (χ2v) is 7.17. The first kappa shape index (κ1) is 18.4. The molecule has 2 aromatic heterocycles. The van der Waals surface area contributed by atoms with Gasteiger partial charge in [0.25, 0.3) is 0 Å². The predicted molar refractivity (Wildman–Crippen MR) is 112 cm³/mol. The van der Waals surface area contributed by atoms with Crippen LogP contribution in [0.25, 0.3) is 11.4 Å². The number of rotatable bonds is 6. The molecule has 0 N–H and O–H groups in total. The average molecular weight is 389 g/mol. The number of hydrogen-bond acceptors (Lipinski definition) is 3. The van der Waals surface area contributed by atoms with Crippen molar-refractivity contribution in [3.05, 3.63) is 101 Å². The fourth-order valence-corrected chi connectivity index (χ4v) is 3.33. The first-order chi connectivity index (χ1) is 13.7. The average Bonchev–Trinajstić information content (AvgIpc) is 3.22. The summed E-state index contributed by atoms with van der Waals surface area (Å²) in [6.07, 6.45) is 5.40. The molecule has 0 unspecified atom stereocenters. The molecule has 0 aliphatic heterocycles. The Morgan fingerprint density at radius 3 is 2.39 bits per heavy atom. The van der Waals surface area contributed by atoms with Crippen LogP contribution >= 0.6 is 11.6 Å². The topological polar surface area (TPSA) is 43.6 Å². The lowest BCUT2D eigenvalue weighted by molar-refractivity contribution is 0.686. The van der Waals surface area contributed by atoms with Gasteiger partial charge in [0.05, 0.1) is 6.54 Å². The monoisotopic (exact) mass is 388 g/mol. The molecule has 2 aromatic carbocycles. The van der Waals surface area contributed by atoms with Crippen molar-refractivity contribution in [3.63, 3.8) is 0 Å². The number of halogens is 1. The summed E-state index contributed by atoms with van der Waals surface area (Å²) < 4.78 is 1.92. The van der Waals surface area contributed by atoms with Crippen molar-refractivity contribution in [1.82, 2.24) is 19.7 Å². The number of aromatic nitrogens is 4. The Hall–Kier alpha value is -2.98. The van der Waals surface area contributed by atoms with E-state index in [0.717, 1.165) is 42.2 Å². The Balaban J connectivity index is 1.56. The SMILES string of the molecule is CCc1cc(Cc2ccc(Cn3cccn3)cc2)nc(-c2cccc(Cl)c2)n1. The van der Waals surface area contributed by atoms with Crippen LogP contribution in [0.3, 0.4) is 0 Å². The molecule has 0 aliphatic carbocycles. The highest BCUT2D eigenvalue weighted by atomic mass is 35.5. The zero-order valence-electron chi connectivity index (χ0n) is 15.7. The molecule has 0 aliphatic rings. The van der Waals surface area contributed by atoms with Gasteiger partial charge in [0.2, 0.25) is 0 Å². The molecule has 0 amide bonds. The third kappa shape index (κ3) is 4.46. The van der Waals surface area contributed by atoms with Gasteiger partial charge in [-0.1, -0.05) is 54.9 Å². The second kappa shape index (κ2) is 8.36. The van der Waals surface area contributed by atoms with E-state index in [1.165, 1.54) is 11.1 Å². The molecular weight excluding hydrogens is 368 g/mol. The van der Waals surface area contributed by atoms with E-state index in [1.54, 1.807) is 6.20 Å². The number of aryl methyl sites for hydroxylation is 1. The minimum absolute atomic E-state index is 0.692. The lowest BCUT2D eigenvalue weighted by Gasteiger charge is -2.09. The van der Waals surface area contributed by atoms with Crippen LogP contribution in [0.2, 0.25) is 5.02 Å². The van der Waals surface area contributed by atoms with Gasteiger partial charge in [0, 0.05) is 40.8 Å². The molecule has 140 valence electrons. The van der Waals surface area contributed by atoms with Crippen molar-refractivity contribution in [2.45, 2.75) is 26.3 Å². The minimum Gasteiger partial charge on any atom is -0.268 e. The third-order valence-corrected chi connectivity index (χ3v) is 4.82. The van der Waals surface area contributed by atoms with E-state index in [0.29, 0.717) is 5.02 Å². The zero-order valence-corrected chi connectivity index (χ0v) is 16.5. The van der Waals surface area contributed by atoms with E-state index in [1.807, 2.05) is 41.2 Å². The van der Waals surface area contributed by atoms with Crippen LogP contribution in [0.4, 0.5) is 0 Å². The van der Waals surface area contributed by atoms with E-state index in [9.17, 15) is 0 Å². The van der Waals surface area contributed by atoms with Gasteiger partial charge in [-0.15, -0.1) is 0 Å². The van der Waals surface area contributed by atoms with Crippen molar-refractivity contribution in [2.75, 3.05) is 0 Å². The van der Waals surface area contributed by atoms with Crippen molar-refractivity contribution < 1.29 is 0 Å². The Labute approximate surface area is 169 Å². The van der Waals surface area contributed by atoms with Crippen molar-refractivity contribution in [1.29, 1.82) is 0 Å². The van der Waals surface area contributed by atoms with Crippen molar-refractivity contribution in [3.8, 4) is 11.4 Å². The summed E-state index contributed by atoms with van der Waals surface area (Å²) >= 11 is 6.14. The van der Waals surface area contributed by atoms with Gasteiger partial charge in [-0.25, -0.2) is 9.97 Å². The molecule has 4 rings (SSSR count). The molecule has 4 nitrogen and oxygen atoms in total. The lowest BCUT2D eigenvalue weighted by Crippen LogP contribution is -2.02. The van der Waals surface area contributed by atoms with E-state index in [2.05, 4.69) is 47.3 Å². The first-order valence-electron chi connectivity index (χ1n) is 9.37. The van der Waals surface area contributed by atoms with Crippen molar-refractivity contribution >= 4 is 11.6 Å². The summed E-state index contributed by atoms with van der Waals surface area (Å²) in [7, 11) is 0. The van der Waals surface area contributed by atoms with Gasteiger partial charge < -0.3 is 0 Å². The molecule has 0 saturated carbocycles. The molecule has 0 fully saturated rings. The van der Waals surface area contributed by atoms with Gasteiger partial charge in [-0.05, 0) is 41.8 Å². The minimum atomic E-state index is 0.692. The Kier molecular flexibility index (Phi) is 5.49. The van der Waals surface area contributed by atoms with Crippen LogP contribution in [0.1, 0.15) is 29.4 Å². The highest BCUT2D eigenvalue weighted by Gasteiger charge is 2.08. The molecule has 5 heteroatoms. The number of benzene rings is 2. The summed E-state index contributed by atoms with van der Waals surface area (Å²) in [5.41, 5.74) is 5.45. The second-order valence-electron chi connectivity index (χ2n) is 6.74. The molecule has 0 radical (unpaired) electrons. The number of nitrogens with zero attached hydrogens (tertiary/aromatic N) is 4. The maximum atomic E-state index is 6.14. The molecule has 0 saturated heterocycles. The highest BCUT2D eigenvalue weighted by Crippen LogP contribution is 2.21. The Morgan fingerprint density at radius 2 is 1.68 bits per heavy atom. The highest BCUT2D eigenvalue weighted by molar-refractivity contribution is 6.30. The quantitative estimate of drug-likeness (QED) is 0.456. The summed E-state index contributed by atoms with van der Waals surface area (Å²) in [6.45, 7) is 2.89. The van der Waals surface area contributed by atoms with Gasteiger partial charge >= 0.3 is 0 Å². The van der Waals surface area contributed by atoms with Crippen molar-refractivity contribution in [2.24, 2.45) is 0 Å². The van der Waals surface area contributed by atoms with Crippen LogP contribution in [0.15, 0.2) is 73.1 Å². The summed E-state index contributed by atoms with van der Waals surface area (Å²) in [4.78, 5) is 9.47. The predicted octanol–water partition coefficient (Wildman–Crippen LogP) is 5.20. The largest absolute Gasteiger partial charge is 0.268 e. The first-order valence-corrected chi connectivity index (χ1v) is 9.75. The normalized spacial score (nSPS) is 10.9. The Bertz CT molecular complexity index is 1060. The summed E-state index contributed by atoms with van der Waals surface area (Å²) in [5.74, 6) is 0.729. The molecule has 0 spiro atoms. The van der Waals surface area contributed by atoms with Crippen LogP contribution in [0, 0.1) is 0 Å². The zero-order chi connectivity index (χ0) is 19.3. The molecule has 4 aromatic rings. The molecule has 28 heavy (non-hydrogen) atoms. The van der Waals surface area contributed by atoms with Crippen LogP contribution in [-0.4, -0.2) is 19.7 Å². The Morgan fingerprint density at radius 1 is 0.893 bits per heavy atom. The van der Waals surface area contributed by atoms with E-state index in [4.69, 9.17) is 16.6 Å². The maximum absolute atomic E-state index is 6.14. The smallest absolute Gasteiger partial charge is 0.159 e. The summed E-state index contributed by atoms with van der Waals surface area (Å²) in [6, 6.07) is 20.3. The van der Waals surface area contributed by atoms with E-state index >= 15 is 0 Å². The molecular formula is C23H21ClN4. The third-order valence-electron chi connectivity index (χ3n) is 4.59.